The van der Waals surface area contributed by atoms with Gasteiger partial charge >= 0.3 is 5.97 Å². The average molecular weight is 418 g/mol. The van der Waals surface area contributed by atoms with Crippen molar-refractivity contribution < 1.29 is 17.9 Å². The molecular formula is C21H27N3O4S. The Hall–Kier alpha value is -2.42. The molecule has 0 amide bonds. The predicted octanol–water partition coefficient (Wildman–Crippen LogP) is 1.96. The second-order valence-corrected chi connectivity index (χ2v) is 8.57. The van der Waals surface area contributed by atoms with Crippen molar-refractivity contribution >= 4 is 21.7 Å². The van der Waals surface area contributed by atoms with E-state index in [4.69, 9.17) is 4.74 Å². The van der Waals surface area contributed by atoms with Gasteiger partial charge in [-0.05, 0) is 43.3 Å². The summed E-state index contributed by atoms with van der Waals surface area (Å²) in [6.07, 6.45) is 0. The molecule has 7 nitrogen and oxygen atoms in total. The molecule has 156 valence electrons. The molecule has 0 atom stereocenters. The minimum Gasteiger partial charge on any atom is -0.462 e. The van der Waals surface area contributed by atoms with Crippen LogP contribution in [0.15, 0.2) is 59.5 Å². The number of carbonyl (C=O) groups excluding carboxylic acids is 1. The molecule has 1 aliphatic rings. The Bertz CT molecular complexity index is 893. The van der Waals surface area contributed by atoms with Crippen LogP contribution in [0.4, 0.5) is 5.69 Å². The minimum atomic E-state index is -3.61. The highest BCUT2D eigenvalue weighted by Gasteiger charge is 2.19. The van der Waals surface area contributed by atoms with Crippen molar-refractivity contribution in [3.8, 4) is 0 Å². The maximum absolute atomic E-state index is 12.5. The maximum Gasteiger partial charge on any atom is 0.338 e. The first-order valence-electron chi connectivity index (χ1n) is 9.79. The number of nitrogens with one attached hydrogen (secondary N) is 1. The Morgan fingerprint density at radius 3 is 2.28 bits per heavy atom. The summed E-state index contributed by atoms with van der Waals surface area (Å²) >= 11 is 0. The molecule has 0 bridgehead atoms. The monoisotopic (exact) mass is 417 g/mol. The SMILES string of the molecule is CCOC(=O)c1ccc(S(=O)(=O)NCCN2CCN(c3ccccc3)CC2)cc1. The zero-order chi connectivity index (χ0) is 20.7. The highest BCUT2D eigenvalue weighted by atomic mass is 32.2. The van der Waals surface area contributed by atoms with Gasteiger partial charge < -0.3 is 9.64 Å². The fourth-order valence-electron chi connectivity index (χ4n) is 3.27. The van der Waals surface area contributed by atoms with Crippen molar-refractivity contribution in [2.24, 2.45) is 0 Å². The molecule has 0 unspecified atom stereocenters. The van der Waals surface area contributed by atoms with Gasteiger partial charge in [0.05, 0.1) is 17.1 Å². The number of anilines is 1. The Labute approximate surface area is 172 Å². The summed E-state index contributed by atoms with van der Waals surface area (Å²) in [5, 5.41) is 0. The van der Waals surface area contributed by atoms with Crippen LogP contribution < -0.4 is 9.62 Å². The van der Waals surface area contributed by atoms with E-state index < -0.39 is 16.0 Å². The number of hydrogen-bond donors (Lipinski definition) is 1. The lowest BCUT2D eigenvalue weighted by Gasteiger charge is -2.36. The standard InChI is InChI=1S/C21H27N3O4S/c1-2-28-21(25)18-8-10-20(11-9-18)29(26,27)22-12-13-23-14-16-24(17-15-23)19-6-4-3-5-7-19/h3-11,22H,2,12-17H2,1H3. The van der Waals surface area contributed by atoms with Gasteiger partial charge in [0, 0.05) is 45.0 Å². The van der Waals surface area contributed by atoms with Crippen molar-refractivity contribution in [2.75, 3.05) is 50.8 Å². The molecule has 2 aromatic rings. The molecule has 0 saturated carbocycles. The van der Waals surface area contributed by atoms with E-state index in [-0.39, 0.29) is 11.5 Å². The molecule has 0 aliphatic carbocycles. The molecule has 1 saturated heterocycles. The van der Waals surface area contributed by atoms with Crippen LogP contribution in [-0.2, 0) is 14.8 Å². The Morgan fingerprint density at radius 1 is 1.00 bits per heavy atom. The van der Waals surface area contributed by atoms with Crippen LogP contribution >= 0.6 is 0 Å². The Balaban J connectivity index is 1.46. The zero-order valence-electron chi connectivity index (χ0n) is 16.6. The molecule has 0 radical (unpaired) electrons. The van der Waals surface area contributed by atoms with Gasteiger partial charge in [0.25, 0.3) is 0 Å². The van der Waals surface area contributed by atoms with Crippen LogP contribution in [0.3, 0.4) is 0 Å². The molecule has 8 heteroatoms. The first-order chi connectivity index (χ1) is 14.0. The fraction of sp³-hybridized carbons (Fsp3) is 0.381. The third-order valence-electron chi connectivity index (χ3n) is 4.89. The van der Waals surface area contributed by atoms with Crippen molar-refractivity contribution in [3.05, 3.63) is 60.2 Å². The Morgan fingerprint density at radius 2 is 1.66 bits per heavy atom. The topological polar surface area (TPSA) is 78.9 Å². The van der Waals surface area contributed by atoms with E-state index >= 15 is 0 Å². The van der Waals surface area contributed by atoms with E-state index in [1.807, 2.05) is 18.2 Å². The minimum absolute atomic E-state index is 0.138. The summed E-state index contributed by atoms with van der Waals surface area (Å²) in [5.41, 5.74) is 1.56. The highest BCUT2D eigenvalue weighted by Crippen LogP contribution is 2.15. The zero-order valence-corrected chi connectivity index (χ0v) is 17.4. The normalized spacial score (nSPS) is 15.3. The summed E-state index contributed by atoms with van der Waals surface area (Å²) in [4.78, 5) is 16.4. The van der Waals surface area contributed by atoms with E-state index in [1.54, 1.807) is 6.92 Å². The number of esters is 1. The second kappa shape index (κ2) is 9.87. The number of rotatable bonds is 8. The molecule has 3 rings (SSSR count). The lowest BCUT2D eigenvalue weighted by Crippen LogP contribution is -2.48. The molecule has 1 fully saturated rings. The van der Waals surface area contributed by atoms with Gasteiger partial charge in [0.2, 0.25) is 10.0 Å². The van der Waals surface area contributed by atoms with E-state index in [0.717, 1.165) is 26.2 Å². The van der Waals surface area contributed by atoms with E-state index in [1.165, 1.54) is 30.0 Å². The predicted molar refractivity (Wildman–Crippen MR) is 113 cm³/mol. The van der Waals surface area contributed by atoms with Crippen LogP contribution in [0.2, 0.25) is 0 Å². The van der Waals surface area contributed by atoms with Crippen molar-refractivity contribution in [1.82, 2.24) is 9.62 Å². The van der Waals surface area contributed by atoms with Crippen molar-refractivity contribution in [3.63, 3.8) is 0 Å². The lowest BCUT2D eigenvalue weighted by atomic mass is 10.2. The number of benzene rings is 2. The molecule has 1 aliphatic heterocycles. The van der Waals surface area contributed by atoms with E-state index in [9.17, 15) is 13.2 Å². The van der Waals surface area contributed by atoms with Crippen molar-refractivity contribution in [1.29, 1.82) is 0 Å². The number of para-hydroxylation sites is 1. The average Bonchev–Trinajstić information content (AvgIpc) is 2.75. The third kappa shape index (κ3) is 5.79. The van der Waals surface area contributed by atoms with Crippen LogP contribution in [0, 0.1) is 0 Å². The van der Waals surface area contributed by atoms with Gasteiger partial charge in [-0.25, -0.2) is 17.9 Å². The fourth-order valence-corrected chi connectivity index (χ4v) is 4.30. The molecule has 0 aromatic heterocycles. The summed E-state index contributed by atoms with van der Waals surface area (Å²) in [6, 6.07) is 16.1. The second-order valence-electron chi connectivity index (χ2n) is 6.81. The third-order valence-corrected chi connectivity index (χ3v) is 6.37. The first kappa shape index (κ1) is 21.3. The summed E-state index contributed by atoms with van der Waals surface area (Å²) in [6.45, 7) is 6.63. The summed E-state index contributed by atoms with van der Waals surface area (Å²) < 4.78 is 32.5. The summed E-state index contributed by atoms with van der Waals surface area (Å²) in [5.74, 6) is -0.459. The number of nitrogens with zero attached hydrogens (tertiary/aromatic N) is 2. The smallest absolute Gasteiger partial charge is 0.338 e. The maximum atomic E-state index is 12.5. The van der Waals surface area contributed by atoms with Gasteiger partial charge in [-0.3, -0.25) is 4.90 Å². The highest BCUT2D eigenvalue weighted by molar-refractivity contribution is 7.89. The largest absolute Gasteiger partial charge is 0.462 e. The van der Waals surface area contributed by atoms with E-state index in [2.05, 4.69) is 26.7 Å². The van der Waals surface area contributed by atoms with Crippen molar-refractivity contribution in [2.45, 2.75) is 11.8 Å². The van der Waals surface area contributed by atoms with E-state index in [0.29, 0.717) is 18.7 Å². The number of carbonyl (C=O) groups is 1. The molecule has 1 N–H and O–H groups in total. The van der Waals surface area contributed by atoms with Crippen LogP contribution in [0.5, 0.6) is 0 Å². The molecular weight excluding hydrogens is 390 g/mol. The molecule has 0 spiro atoms. The van der Waals surface area contributed by atoms with Gasteiger partial charge in [0.15, 0.2) is 0 Å². The lowest BCUT2D eigenvalue weighted by molar-refractivity contribution is 0.0526. The number of ether oxygens (including phenoxy) is 1. The number of hydrogen-bond acceptors (Lipinski definition) is 6. The van der Waals surface area contributed by atoms with Gasteiger partial charge in [-0.15, -0.1) is 0 Å². The quantitative estimate of drug-likeness (QED) is 0.662. The number of piperazine rings is 1. The molecule has 29 heavy (non-hydrogen) atoms. The van der Waals surface area contributed by atoms with Gasteiger partial charge in [0.1, 0.15) is 0 Å². The van der Waals surface area contributed by atoms with Gasteiger partial charge in [-0.1, -0.05) is 18.2 Å². The molecule has 2 aromatic carbocycles. The van der Waals surface area contributed by atoms with Crippen LogP contribution in [0.1, 0.15) is 17.3 Å². The number of sulfonamides is 1. The van der Waals surface area contributed by atoms with Crippen LogP contribution in [-0.4, -0.2) is 65.2 Å². The Kier molecular flexibility index (Phi) is 7.24. The molecule has 1 heterocycles. The van der Waals surface area contributed by atoms with Crippen LogP contribution in [0.25, 0.3) is 0 Å². The summed E-state index contributed by atoms with van der Waals surface area (Å²) in [7, 11) is -3.61. The van der Waals surface area contributed by atoms with Gasteiger partial charge in [-0.2, -0.15) is 0 Å². The first-order valence-corrected chi connectivity index (χ1v) is 11.3.